The number of rotatable bonds is 3. The van der Waals surface area contributed by atoms with E-state index >= 15 is 0 Å². The van der Waals surface area contributed by atoms with E-state index in [1.165, 1.54) is 36.9 Å². The summed E-state index contributed by atoms with van der Waals surface area (Å²) in [7, 11) is 0. The Bertz CT molecular complexity index is 324. The van der Waals surface area contributed by atoms with E-state index in [4.69, 9.17) is 0 Å². The number of hydrogen-bond donors (Lipinski definition) is 1. The van der Waals surface area contributed by atoms with Gasteiger partial charge in [-0.1, -0.05) is 38.1 Å². The molecule has 1 aromatic carbocycles. The van der Waals surface area contributed by atoms with Crippen molar-refractivity contribution in [2.75, 3.05) is 13.1 Å². The minimum atomic E-state index is 0.737. The molecule has 0 amide bonds. The van der Waals surface area contributed by atoms with Gasteiger partial charge in [-0.2, -0.15) is 0 Å². The molecule has 1 heteroatoms. The molecule has 1 atom stereocenters. The van der Waals surface area contributed by atoms with E-state index in [9.17, 15) is 0 Å². The van der Waals surface area contributed by atoms with Gasteiger partial charge in [0.15, 0.2) is 0 Å². The smallest absolute Gasteiger partial charge is 0.00201 e. The van der Waals surface area contributed by atoms with Crippen LogP contribution in [-0.4, -0.2) is 13.1 Å². The molecule has 0 radical (unpaired) electrons. The SMILES string of the molecule is CC(C)Cc1cccc(C2CCCNC2)c1. The van der Waals surface area contributed by atoms with Crippen molar-refractivity contribution in [3.63, 3.8) is 0 Å². The molecule has 1 aliphatic rings. The van der Waals surface area contributed by atoms with Gasteiger partial charge in [-0.15, -0.1) is 0 Å². The standard InChI is InChI=1S/C15H23N/c1-12(2)9-13-5-3-6-14(10-13)15-7-4-8-16-11-15/h3,5-6,10,12,15-16H,4,7-9,11H2,1-2H3. The van der Waals surface area contributed by atoms with Crippen LogP contribution < -0.4 is 5.32 Å². The molecule has 2 rings (SSSR count). The lowest BCUT2D eigenvalue weighted by Gasteiger charge is -2.23. The Morgan fingerprint density at radius 2 is 2.25 bits per heavy atom. The lowest BCUT2D eigenvalue weighted by atomic mass is 9.89. The number of hydrogen-bond acceptors (Lipinski definition) is 1. The maximum atomic E-state index is 3.49. The third-order valence-corrected chi connectivity index (χ3v) is 3.36. The Balaban J connectivity index is 2.08. The van der Waals surface area contributed by atoms with Gasteiger partial charge in [0.2, 0.25) is 0 Å². The van der Waals surface area contributed by atoms with Crippen molar-refractivity contribution in [3.05, 3.63) is 35.4 Å². The zero-order chi connectivity index (χ0) is 11.4. The van der Waals surface area contributed by atoms with E-state index in [0.29, 0.717) is 0 Å². The molecular weight excluding hydrogens is 194 g/mol. The molecule has 0 saturated carbocycles. The Morgan fingerprint density at radius 3 is 2.94 bits per heavy atom. The largest absolute Gasteiger partial charge is 0.316 e. The normalized spacial score (nSPS) is 21.3. The summed E-state index contributed by atoms with van der Waals surface area (Å²) < 4.78 is 0. The second kappa shape index (κ2) is 5.49. The zero-order valence-corrected chi connectivity index (χ0v) is 10.5. The molecule has 1 saturated heterocycles. The number of benzene rings is 1. The molecule has 0 bridgehead atoms. The van der Waals surface area contributed by atoms with Gasteiger partial charge in [-0.05, 0) is 48.8 Å². The van der Waals surface area contributed by atoms with Gasteiger partial charge < -0.3 is 5.32 Å². The van der Waals surface area contributed by atoms with Crippen molar-refractivity contribution in [2.24, 2.45) is 5.92 Å². The van der Waals surface area contributed by atoms with E-state index < -0.39 is 0 Å². The minimum absolute atomic E-state index is 0.737. The summed E-state index contributed by atoms with van der Waals surface area (Å²) in [4.78, 5) is 0. The molecule has 1 nitrogen and oxygen atoms in total. The van der Waals surface area contributed by atoms with Gasteiger partial charge in [0.25, 0.3) is 0 Å². The van der Waals surface area contributed by atoms with Crippen molar-refractivity contribution in [1.29, 1.82) is 0 Å². The average Bonchev–Trinajstić information content (AvgIpc) is 2.30. The molecule has 88 valence electrons. The van der Waals surface area contributed by atoms with Gasteiger partial charge in [0.05, 0.1) is 0 Å². The van der Waals surface area contributed by atoms with Crippen molar-refractivity contribution in [2.45, 2.75) is 39.0 Å². The minimum Gasteiger partial charge on any atom is -0.316 e. The highest BCUT2D eigenvalue weighted by Crippen LogP contribution is 2.24. The summed E-state index contributed by atoms with van der Waals surface area (Å²) in [6.45, 7) is 6.93. The molecule has 1 heterocycles. The summed E-state index contributed by atoms with van der Waals surface area (Å²) in [6, 6.07) is 9.20. The Morgan fingerprint density at radius 1 is 1.38 bits per heavy atom. The van der Waals surface area contributed by atoms with Crippen LogP contribution in [0.15, 0.2) is 24.3 Å². The lowest BCUT2D eigenvalue weighted by Crippen LogP contribution is -2.28. The van der Waals surface area contributed by atoms with Crippen molar-refractivity contribution in [1.82, 2.24) is 5.32 Å². The maximum absolute atomic E-state index is 3.49. The molecule has 1 aliphatic heterocycles. The molecule has 1 aromatic rings. The predicted octanol–water partition coefficient (Wildman–Crippen LogP) is 3.35. The van der Waals surface area contributed by atoms with E-state index in [2.05, 4.69) is 43.4 Å². The second-order valence-electron chi connectivity index (χ2n) is 5.39. The third kappa shape index (κ3) is 3.08. The summed E-state index contributed by atoms with van der Waals surface area (Å²) in [5, 5.41) is 3.49. The van der Waals surface area contributed by atoms with Crippen LogP contribution in [0.1, 0.15) is 43.7 Å². The Labute approximate surface area is 99.3 Å². The van der Waals surface area contributed by atoms with Gasteiger partial charge in [0, 0.05) is 6.54 Å². The topological polar surface area (TPSA) is 12.0 Å². The first-order valence-corrected chi connectivity index (χ1v) is 6.55. The maximum Gasteiger partial charge on any atom is 0.00201 e. The monoisotopic (exact) mass is 217 g/mol. The fraction of sp³-hybridized carbons (Fsp3) is 0.600. The molecule has 1 unspecified atom stereocenters. The van der Waals surface area contributed by atoms with Gasteiger partial charge in [-0.3, -0.25) is 0 Å². The zero-order valence-electron chi connectivity index (χ0n) is 10.5. The van der Waals surface area contributed by atoms with Crippen LogP contribution in [-0.2, 0) is 6.42 Å². The number of piperidine rings is 1. The van der Waals surface area contributed by atoms with Crippen LogP contribution in [0.4, 0.5) is 0 Å². The summed E-state index contributed by atoms with van der Waals surface area (Å²) in [6.07, 6.45) is 3.87. The highest BCUT2D eigenvalue weighted by molar-refractivity contribution is 5.27. The van der Waals surface area contributed by atoms with Crippen LogP contribution in [0.3, 0.4) is 0 Å². The molecule has 0 spiro atoms. The molecule has 1 N–H and O–H groups in total. The van der Waals surface area contributed by atoms with Crippen molar-refractivity contribution >= 4 is 0 Å². The second-order valence-corrected chi connectivity index (χ2v) is 5.39. The summed E-state index contributed by atoms with van der Waals surface area (Å²) in [5.41, 5.74) is 3.03. The average molecular weight is 217 g/mol. The Hall–Kier alpha value is -0.820. The van der Waals surface area contributed by atoms with Crippen LogP contribution in [0, 0.1) is 5.92 Å². The van der Waals surface area contributed by atoms with Crippen LogP contribution >= 0.6 is 0 Å². The van der Waals surface area contributed by atoms with Gasteiger partial charge >= 0.3 is 0 Å². The fourth-order valence-corrected chi connectivity index (χ4v) is 2.58. The first-order chi connectivity index (χ1) is 7.75. The molecular formula is C15H23N. The van der Waals surface area contributed by atoms with E-state index in [0.717, 1.165) is 18.4 Å². The number of nitrogens with one attached hydrogen (secondary N) is 1. The van der Waals surface area contributed by atoms with Crippen LogP contribution in [0.2, 0.25) is 0 Å². The van der Waals surface area contributed by atoms with Crippen molar-refractivity contribution < 1.29 is 0 Å². The lowest BCUT2D eigenvalue weighted by molar-refractivity contribution is 0.461. The van der Waals surface area contributed by atoms with E-state index in [-0.39, 0.29) is 0 Å². The van der Waals surface area contributed by atoms with E-state index in [1.807, 2.05) is 0 Å². The molecule has 0 aromatic heterocycles. The predicted molar refractivity (Wildman–Crippen MR) is 69.8 cm³/mol. The van der Waals surface area contributed by atoms with E-state index in [1.54, 1.807) is 0 Å². The fourth-order valence-electron chi connectivity index (χ4n) is 2.58. The van der Waals surface area contributed by atoms with Gasteiger partial charge in [-0.25, -0.2) is 0 Å². The highest BCUT2D eigenvalue weighted by atomic mass is 14.9. The highest BCUT2D eigenvalue weighted by Gasteiger charge is 2.15. The Kier molecular flexibility index (Phi) is 4.00. The van der Waals surface area contributed by atoms with Crippen molar-refractivity contribution in [3.8, 4) is 0 Å². The molecule has 16 heavy (non-hydrogen) atoms. The molecule has 0 aliphatic carbocycles. The first-order valence-electron chi connectivity index (χ1n) is 6.55. The quantitative estimate of drug-likeness (QED) is 0.818. The molecule has 1 fully saturated rings. The summed E-state index contributed by atoms with van der Waals surface area (Å²) >= 11 is 0. The summed E-state index contributed by atoms with van der Waals surface area (Å²) in [5.74, 6) is 1.49. The van der Waals surface area contributed by atoms with Crippen LogP contribution in [0.25, 0.3) is 0 Å². The third-order valence-electron chi connectivity index (χ3n) is 3.36. The first kappa shape index (κ1) is 11.7. The van der Waals surface area contributed by atoms with Crippen LogP contribution in [0.5, 0.6) is 0 Å². The van der Waals surface area contributed by atoms with Gasteiger partial charge in [0.1, 0.15) is 0 Å².